The van der Waals surface area contributed by atoms with Crippen LogP contribution in [0.15, 0.2) is 104 Å². The summed E-state index contributed by atoms with van der Waals surface area (Å²) in [4.78, 5) is 13.8. The molecule has 0 spiro atoms. The van der Waals surface area contributed by atoms with Gasteiger partial charge in [0.15, 0.2) is 0 Å². The number of anilines is 4. The molecule has 8 rings (SSSR count). The number of aryl methyl sites for hydroxylation is 1. The van der Waals surface area contributed by atoms with Gasteiger partial charge in [-0.15, -0.1) is 48.1 Å². The summed E-state index contributed by atoms with van der Waals surface area (Å²) in [5.41, 5.74) is 11.3. The second-order valence-corrected chi connectivity index (χ2v) is 15.4. The first kappa shape index (κ1) is 36.4. The molecule has 0 atom stereocenters. The van der Waals surface area contributed by atoms with Crippen molar-refractivity contribution in [2.24, 2.45) is 0 Å². The summed E-state index contributed by atoms with van der Waals surface area (Å²) < 4.78 is 8.74. The Bertz CT molecular complexity index is 2430. The number of hydrogen-bond donors (Lipinski definition) is 0. The Morgan fingerprint density at radius 1 is 0.736 bits per heavy atom. The Kier molecular flexibility index (Phi) is 9.71. The van der Waals surface area contributed by atoms with Crippen molar-refractivity contribution in [3.63, 3.8) is 0 Å². The van der Waals surface area contributed by atoms with Gasteiger partial charge in [0, 0.05) is 68.0 Å². The molecule has 4 aromatic carbocycles. The predicted molar refractivity (Wildman–Crippen MR) is 214 cm³/mol. The van der Waals surface area contributed by atoms with Crippen LogP contribution in [0.2, 0.25) is 0 Å². The molecule has 0 bridgehead atoms. The molecule has 0 N–H and O–H groups in total. The number of benzene rings is 4. The van der Waals surface area contributed by atoms with Crippen LogP contribution in [0.1, 0.15) is 82.6 Å². The minimum atomic E-state index is -0.0107. The minimum absolute atomic E-state index is 0. The van der Waals surface area contributed by atoms with Crippen molar-refractivity contribution >= 4 is 44.6 Å². The van der Waals surface area contributed by atoms with E-state index in [-0.39, 0.29) is 26.5 Å². The van der Waals surface area contributed by atoms with E-state index < -0.39 is 0 Å². The summed E-state index contributed by atoms with van der Waals surface area (Å²) >= 11 is 0. The molecule has 0 fully saturated rings. The monoisotopic (exact) mass is 877 g/mol. The van der Waals surface area contributed by atoms with E-state index >= 15 is 0 Å². The summed E-state index contributed by atoms with van der Waals surface area (Å²) in [6, 6.07) is 36.7. The number of ether oxygens (including phenoxy) is 1. The van der Waals surface area contributed by atoms with Gasteiger partial charge in [-0.1, -0.05) is 89.9 Å². The van der Waals surface area contributed by atoms with Crippen molar-refractivity contribution in [2.45, 2.75) is 72.6 Å². The topological polar surface area (TPSA) is 46.4 Å². The molecular weight excluding hydrogens is 834 g/mol. The summed E-state index contributed by atoms with van der Waals surface area (Å²) in [6.07, 6.45) is 5.69. The Labute approximate surface area is 327 Å². The molecule has 1 aliphatic heterocycles. The van der Waals surface area contributed by atoms with E-state index in [1.807, 2.05) is 36.8 Å². The van der Waals surface area contributed by atoms with E-state index in [1.165, 1.54) is 27.9 Å². The van der Waals surface area contributed by atoms with E-state index in [4.69, 9.17) is 9.72 Å². The van der Waals surface area contributed by atoms with E-state index in [9.17, 15) is 0 Å². The van der Waals surface area contributed by atoms with Crippen molar-refractivity contribution < 1.29 is 25.8 Å². The van der Waals surface area contributed by atoms with Gasteiger partial charge in [-0.05, 0) is 70.5 Å². The van der Waals surface area contributed by atoms with Gasteiger partial charge in [0.1, 0.15) is 5.82 Å². The third-order valence-electron chi connectivity index (χ3n) is 9.96. The molecular formula is C46H44N5OPt-3. The number of aromatic nitrogens is 3. The standard InChI is InChI=1S/C46H44N5O.Pt/c1-29(2)38-22-31(5)23-39(30(3)4)45(38)50-28-49(43-27-47-20-19-41(43)50)33-12-11-13-34(25-33)52-35-16-17-37-36-14-9-10-15-40(36)51(42(37)26-35)44-24-32(18-21-48-44)46(6,7)8;/h9-24,27-30H,1-8H3;/q-3;. The maximum atomic E-state index is 6.55. The zero-order valence-electron chi connectivity index (χ0n) is 31.5. The maximum absolute atomic E-state index is 6.55. The second kappa shape index (κ2) is 14.1. The molecule has 0 unspecified atom stereocenters. The van der Waals surface area contributed by atoms with Crippen molar-refractivity contribution in [3.8, 4) is 17.3 Å². The van der Waals surface area contributed by atoms with Crippen molar-refractivity contribution in [1.29, 1.82) is 0 Å². The normalized spacial score (nSPS) is 12.9. The van der Waals surface area contributed by atoms with Crippen LogP contribution in [0, 0.1) is 25.7 Å². The Morgan fingerprint density at radius 3 is 2.21 bits per heavy atom. The van der Waals surface area contributed by atoms with Gasteiger partial charge in [0.25, 0.3) is 0 Å². The van der Waals surface area contributed by atoms with Gasteiger partial charge in [-0.3, -0.25) is 4.98 Å². The van der Waals surface area contributed by atoms with Crippen LogP contribution in [0.3, 0.4) is 0 Å². The second-order valence-electron chi connectivity index (χ2n) is 15.4. The van der Waals surface area contributed by atoms with Gasteiger partial charge in [-0.25, -0.2) is 4.98 Å². The molecule has 7 heteroatoms. The molecule has 0 aliphatic carbocycles. The molecule has 6 nitrogen and oxygen atoms in total. The van der Waals surface area contributed by atoms with E-state index in [2.05, 4.69) is 160 Å². The fourth-order valence-electron chi connectivity index (χ4n) is 7.31. The number of nitrogens with zero attached hydrogens (tertiary/aromatic N) is 5. The Balaban J connectivity index is 0.00000435. The molecule has 0 amide bonds. The first-order chi connectivity index (χ1) is 25.0. The summed E-state index contributed by atoms with van der Waals surface area (Å²) in [5.74, 6) is 2.77. The first-order valence-electron chi connectivity index (χ1n) is 18.1. The van der Waals surface area contributed by atoms with Crippen LogP contribution >= 0.6 is 0 Å². The van der Waals surface area contributed by atoms with Crippen LogP contribution in [0.5, 0.6) is 11.5 Å². The Hall–Kier alpha value is -4.93. The van der Waals surface area contributed by atoms with E-state index in [1.54, 1.807) is 0 Å². The Morgan fingerprint density at radius 2 is 1.47 bits per heavy atom. The zero-order chi connectivity index (χ0) is 36.3. The largest absolute Gasteiger partial charge is 0.509 e. The van der Waals surface area contributed by atoms with Crippen molar-refractivity contribution in [2.75, 3.05) is 9.80 Å². The van der Waals surface area contributed by atoms with Crippen LogP contribution < -0.4 is 14.5 Å². The number of para-hydroxylation sites is 1. The van der Waals surface area contributed by atoms with Crippen LogP contribution in [-0.2, 0) is 26.5 Å². The van der Waals surface area contributed by atoms with Gasteiger partial charge in [-0.2, -0.15) is 12.1 Å². The summed E-state index contributed by atoms with van der Waals surface area (Å²) in [7, 11) is 0. The average Bonchev–Trinajstić information content (AvgIpc) is 3.67. The molecule has 272 valence electrons. The quantitative estimate of drug-likeness (QED) is 0.149. The fraction of sp³-hybridized carbons (Fsp3) is 0.239. The van der Waals surface area contributed by atoms with Crippen molar-refractivity contribution in [1.82, 2.24) is 14.5 Å². The summed E-state index contributed by atoms with van der Waals surface area (Å²) in [6.45, 7) is 20.1. The van der Waals surface area contributed by atoms with E-state index in [0.717, 1.165) is 44.7 Å². The smallest absolute Gasteiger partial charge is 0.135 e. The van der Waals surface area contributed by atoms with Gasteiger partial charge >= 0.3 is 0 Å². The average molecular weight is 878 g/mol. The molecule has 3 aromatic heterocycles. The van der Waals surface area contributed by atoms with E-state index in [0.29, 0.717) is 23.3 Å². The van der Waals surface area contributed by atoms with Crippen LogP contribution in [-0.4, -0.2) is 14.5 Å². The van der Waals surface area contributed by atoms with Gasteiger partial charge in [0.2, 0.25) is 0 Å². The summed E-state index contributed by atoms with van der Waals surface area (Å²) in [5, 5.41) is 2.24. The SMILES string of the molecule is Cc1cc(C(C)C)c(N2[CH-]N(c3[c-]c(Oc4[c-]c5c(cc4)c4ccccc4n5-c4cc(C(C)(C)C)ccn4)ccc3)c3cnccc32)c(C(C)C)c1.[Pt]. The predicted octanol–water partition coefficient (Wildman–Crippen LogP) is 12.2. The maximum Gasteiger partial charge on any atom is 0.135 e. The molecule has 53 heavy (non-hydrogen) atoms. The molecule has 0 saturated heterocycles. The van der Waals surface area contributed by atoms with Gasteiger partial charge in [0.05, 0.1) is 5.69 Å². The minimum Gasteiger partial charge on any atom is -0.509 e. The molecule has 0 radical (unpaired) electrons. The van der Waals surface area contributed by atoms with Gasteiger partial charge < -0.3 is 19.1 Å². The first-order valence-corrected chi connectivity index (χ1v) is 18.1. The fourth-order valence-corrected chi connectivity index (χ4v) is 7.31. The molecule has 0 saturated carbocycles. The zero-order valence-corrected chi connectivity index (χ0v) is 33.8. The van der Waals surface area contributed by atoms with Crippen LogP contribution in [0.25, 0.3) is 27.6 Å². The number of pyridine rings is 2. The third kappa shape index (κ3) is 6.63. The van der Waals surface area contributed by atoms with Crippen LogP contribution in [0.4, 0.5) is 22.7 Å². The third-order valence-corrected chi connectivity index (χ3v) is 9.96. The molecule has 4 heterocycles. The number of fused-ring (bicyclic) bond motifs is 4. The van der Waals surface area contributed by atoms with Crippen molar-refractivity contribution in [3.05, 3.63) is 145 Å². The number of rotatable bonds is 7. The number of hydrogen-bond acceptors (Lipinski definition) is 5. The molecule has 7 aromatic rings. The molecule has 1 aliphatic rings.